The maximum atomic E-state index is 9.79. The molecule has 10 nitrogen and oxygen atoms in total. The first-order valence-corrected chi connectivity index (χ1v) is 13.0. The van der Waals surface area contributed by atoms with Crippen LogP contribution in [0.4, 0.5) is 17.6 Å². The molecule has 0 saturated carbocycles. The molecule has 186 valence electrons. The fraction of sp³-hybridized carbons (Fsp3) is 0.652. The van der Waals surface area contributed by atoms with E-state index in [-0.39, 0.29) is 12.6 Å². The summed E-state index contributed by atoms with van der Waals surface area (Å²) in [5, 5.41) is 21.8. The van der Waals surface area contributed by atoms with Gasteiger partial charge in [0.15, 0.2) is 5.82 Å². The molecule has 1 saturated heterocycles. The van der Waals surface area contributed by atoms with Crippen LogP contribution in [0.3, 0.4) is 0 Å². The second-order valence-corrected chi connectivity index (χ2v) is 9.78. The molecular weight excluding hydrogens is 454 g/mol. The molecule has 4 rings (SSSR count). The van der Waals surface area contributed by atoms with Crippen LogP contribution in [-0.2, 0) is 11.2 Å². The van der Waals surface area contributed by atoms with Crippen LogP contribution < -0.4 is 19.9 Å². The van der Waals surface area contributed by atoms with Gasteiger partial charge in [-0.25, -0.2) is 4.98 Å². The van der Waals surface area contributed by atoms with Gasteiger partial charge < -0.3 is 29.7 Å². The first-order chi connectivity index (χ1) is 16.6. The Hall–Kier alpha value is -2.37. The summed E-state index contributed by atoms with van der Waals surface area (Å²) in [6, 6.07) is 3.77. The number of hydrogen-bond acceptors (Lipinski definition) is 11. The van der Waals surface area contributed by atoms with Crippen molar-refractivity contribution < 1.29 is 14.6 Å². The average molecular weight is 490 g/mol. The van der Waals surface area contributed by atoms with Gasteiger partial charge in [0.25, 0.3) is 0 Å². The third kappa shape index (κ3) is 6.00. The van der Waals surface area contributed by atoms with Crippen molar-refractivity contribution in [2.75, 3.05) is 73.5 Å². The van der Waals surface area contributed by atoms with Crippen LogP contribution in [0.1, 0.15) is 26.5 Å². The van der Waals surface area contributed by atoms with Gasteiger partial charge in [-0.05, 0) is 18.9 Å². The second kappa shape index (κ2) is 11.9. The van der Waals surface area contributed by atoms with Crippen molar-refractivity contribution in [1.82, 2.24) is 20.2 Å². The maximum absolute atomic E-state index is 9.79. The van der Waals surface area contributed by atoms with E-state index < -0.39 is 0 Å². The third-order valence-corrected chi connectivity index (χ3v) is 7.15. The van der Waals surface area contributed by atoms with Crippen LogP contribution in [0.5, 0.6) is 5.88 Å². The van der Waals surface area contributed by atoms with E-state index in [1.54, 1.807) is 11.8 Å². The molecule has 0 amide bonds. The second-order valence-electron chi connectivity index (χ2n) is 8.67. The van der Waals surface area contributed by atoms with Gasteiger partial charge in [-0.15, -0.1) is 22.0 Å². The molecule has 0 spiro atoms. The van der Waals surface area contributed by atoms with Crippen LogP contribution in [0.2, 0.25) is 0 Å². The van der Waals surface area contributed by atoms with Gasteiger partial charge in [0.1, 0.15) is 12.4 Å². The van der Waals surface area contributed by atoms with Gasteiger partial charge in [-0.1, -0.05) is 13.8 Å². The Labute approximate surface area is 205 Å². The van der Waals surface area contributed by atoms with Gasteiger partial charge in [0.2, 0.25) is 11.8 Å². The number of aliphatic hydroxyl groups is 1. The largest absolute Gasteiger partial charge is 0.474 e. The van der Waals surface area contributed by atoms with Crippen LogP contribution in [0, 0.1) is 5.92 Å². The number of piperazine rings is 1. The lowest BCUT2D eigenvalue weighted by Crippen LogP contribution is -2.47. The number of hydrogen-bond donors (Lipinski definition) is 2. The Morgan fingerprint density at radius 3 is 2.56 bits per heavy atom. The molecule has 2 aromatic rings. The van der Waals surface area contributed by atoms with E-state index in [1.165, 1.54) is 0 Å². The summed E-state index contributed by atoms with van der Waals surface area (Å²) >= 11 is 1.79. The van der Waals surface area contributed by atoms with Crippen molar-refractivity contribution in [2.45, 2.75) is 38.1 Å². The highest BCUT2D eigenvalue weighted by molar-refractivity contribution is 7.99. The Balaban J connectivity index is 1.38. The van der Waals surface area contributed by atoms with Crippen molar-refractivity contribution >= 4 is 29.3 Å². The van der Waals surface area contributed by atoms with Gasteiger partial charge in [-0.2, -0.15) is 4.98 Å². The molecule has 1 atom stereocenters. The molecule has 2 N–H and O–H groups in total. The first kappa shape index (κ1) is 24.7. The highest BCUT2D eigenvalue weighted by Crippen LogP contribution is 2.37. The number of ether oxygens (including phenoxy) is 2. The number of aromatic nitrogens is 4. The molecular formula is C23H35N7O3S. The molecule has 2 aliphatic rings. The topological polar surface area (TPSA) is 109 Å². The molecule has 0 aliphatic carbocycles. The number of fused-ring (bicyclic) bond motifs is 1. The van der Waals surface area contributed by atoms with E-state index in [2.05, 4.69) is 39.2 Å². The van der Waals surface area contributed by atoms with Crippen molar-refractivity contribution in [1.29, 1.82) is 0 Å². The number of aryl methyl sites for hydroxylation is 1. The fourth-order valence-electron chi connectivity index (χ4n) is 3.94. The fourth-order valence-corrected chi connectivity index (χ4v) is 4.99. The summed E-state index contributed by atoms with van der Waals surface area (Å²) < 4.78 is 10.8. The highest BCUT2D eigenvalue weighted by atomic mass is 32.2. The van der Waals surface area contributed by atoms with Crippen LogP contribution in [0.15, 0.2) is 17.0 Å². The zero-order valence-corrected chi connectivity index (χ0v) is 21.1. The Kier molecular flexibility index (Phi) is 8.63. The van der Waals surface area contributed by atoms with Gasteiger partial charge in [0, 0.05) is 51.0 Å². The SMILES string of the molecule is CCOCCOc1ccc(N2CCN(c3nc4c(c(NC(CO)C(C)C)n3)SCC4)CC2)nn1. The lowest BCUT2D eigenvalue weighted by atomic mass is 10.1. The quantitative estimate of drug-likeness (QED) is 0.453. The monoisotopic (exact) mass is 489 g/mol. The molecule has 0 radical (unpaired) electrons. The number of aliphatic hydroxyl groups excluding tert-OH is 1. The Bertz CT molecular complexity index is 924. The predicted octanol–water partition coefficient (Wildman–Crippen LogP) is 2.09. The zero-order valence-electron chi connectivity index (χ0n) is 20.2. The molecule has 0 bridgehead atoms. The van der Waals surface area contributed by atoms with Crippen molar-refractivity contribution in [3.63, 3.8) is 0 Å². The molecule has 11 heteroatoms. The van der Waals surface area contributed by atoms with Gasteiger partial charge in [-0.3, -0.25) is 0 Å². The number of anilines is 3. The van der Waals surface area contributed by atoms with Crippen molar-refractivity contribution in [3.05, 3.63) is 17.8 Å². The molecule has 34 heavy (non-hydrogen) atoms. The zero-order chi connectivity index (χ0) is 23.9. The van der Waals surface area contributed by atoms with E-state index in [0.29, 0.717) is 31.6 Å². The van der Waals surface area contributed by atoms with E-state index in [4.69, 9.17) is 19.4 Å². The summed E-state index contributed by atoms with van der Waals surface area (Å²) in [7, 11) is 0. The third-order valence-electron chi connectivity index (χ3n) is 6.03. The smallest absolute Gasteiger partial charge is 0.233 e. The van der Waals surface area contributed by atoms with Crippen LogP contribution >= 0.6 is 11.8 Å². The van der Waals surface area contributed by atoms with Crippen molar-refractivity contribution in [3.8, 4) is 5.88 Å². The van der Waals surface area contributed by atoms with Crippen LogP contribution in [-0.4, -0.2) is 89.7 Å². The van der Waals surface area contributed by atoms with Gasteiger partial charge >= 0.3 is 0 Å². The standard InChI is InChI=1S/C23H35N7O3S/c1-4-32-12-13-33-20-6-5-19(27-28-20)29-8-10-30(11-9-29)23-25-17-7-14-34-21(17)22(26-23)24-18(15-31)16(2)3/h5-6,16,18,31H,4,7-15H2,1-3H3,(H,24,25,26). The maximum Gasteiger partial charge on any atom is 0.233 e. The summed E-state index contributed by atoms with van der Waals surface area (Å²) in [6.45, 7) is 11.1. The molecule has 1 unspecified atom stereocenters. The predicted molar refractivity (Wildman–Crippen MR) is 134 cm³/mol. The average Bonchev–Trinajstić information content (AvgIpc) is 3.34. The molecule has 0 aromatic carbocycles. The van der Waals surface area contributed by atoms with Crippen molar-refractivity contribution in [2.24, 2.45) is 5.92 Å². The molecule has 2 aromatic heterocycles. The van der Waals surface area contributed by atoms with Gasteiger partial charge in [0.05, 0.1) is 29.8 Å². The molecule has 1 fully saturated rings. The minimum absolute atomic E-state index is 0.0328. The van der Waals surface area contributed by atoms with E-state index in [9.17, 15) is 5.11 Å². The lowest BCUT2D eigenvalue weighted by Gasteiger charge is -2.35. The number of nitrogens with one attached hydrogen (secondary N) is 1. The summed E-state index contributed by atoms with van der Waals surface area (Å²) in [5.74, 6) is 4.28. The Morgan fingerprint density at radius 2 is 1.88 bits per heavy atom. The normalized spacial score (nSPS) is 16.6. The number of thioether (sulfide) groups is 1. The summed E-state index contributed by atoms with van der Waals surface area (Å²) in [4.78, 5) is 15.3. The van der Waals surface area contributed by atoms with E-state index in [0.717, 1.165) is 66.5 Å². The number of nitrogens with zero attached hydrogens (tertiary/aromatic N) is 6. The Morgan fingerprint density at radius 1 is 1.09 bits per heavy atom. The summed E-state index contributed by atoms with van der Waals surface area (Å²) in [6.07, 6.45) is 0.949. The van der Waals surface area contributed by atoms with Crippen LogP contribution in [0.25, 0.3) is 0 Å². The summed E-state index contributed by atoms with van der Waals surface area (Å²) in [5.41, 5.74) is 1.10. The lowest BCUT2D eigenvalue weighted by molar-refractivity contribution is 0.108. The molecule has 2 aliphatic heterocycles. The highest BCUT2D eigenvalue weighted by Gasteiger charge is 2.26. The van der Waals surface area contributed by atoms with E-state index >= 15 is 0 Å². The minimum atomic E-state index is -0.0328. The van der Waals surface area contributed by atoms with E-state index in [1.807, 2.05) is 19.1 Å². The first-order valence-electron chi connectivity index (χ1n) is 12.0. The number of rotatable bonds is 11. The molecule has 4 heterocycles. The minimum Gasteiger partial charge on any atom is -0.474 e.